The molecule has 1 N–H and O–H groups in total. The predicted octanol–water partition coefficient (Wildman–Crippen LogP) is 3.21. The van der Waals surface area contributed by atoms with E-state index in [1.807, 2.05) is 19.9 Å². The summed E-state index contributed by atoms with van der Waals surface area (Å²) in [5, 5.41) is 2.77. The van der Waals surface area contributed by atoms with Gasteiger partial charge < -0.3 is 15.0 Å². The lowest BCUT2D eigenvalue weighted by Crippen LogP contribution is -2.40. The summed E-state index contributed by atoms with van der Waals surface area (Å²) in [6.45, 7) is 5.99. The molecule has 4 rings (SSSR count). The monoisotopic (exact) mass is 439 g/mol. The Hall–Kier alpha value is -3.16. The number of nitrogens with zero attached hydrogens (tertiary/aromatic N) is 2. The van der Waals surface area contributed by atoms with Gasteiger partial charge in [0.2, 0.25) is 0 Å². The Kier molecular flexibility index (Phi) is 5.80. The first kappa shape index (κ1) is 21.1. The summed E-state index contributed by atoms with van der Waals surface area (Å²) in [7, 11) is 0. The van der Waals surface area contributed by atoms with Gasteiger partial charge in [0, 0.05) is 24.3 Å². The summed E-state index contributed by atoms with van der Waals surface area (Å²) in [4.78, 5) is 41.0. The minimum absolute atomic E-state index is 0.0121. The number of amides is 3. The van der Waals surface area contributed by atoms with Crippen LogP contribution in [-0.4, -0.2) is 48.9 Å². The Labute approximate surface area is 185 Å². The number of carbonyl (C=O) groups excluding carboxylic acids is 3. The second-order valence-electron chi connectivity index (χ2n) is 7.59. The smallest absolute Gasteiger partial charge is 0.283 e. The van der Waals surface area contributed by atoms with E-state index in [1.165, 1.54) is 0 Å². The summed E-state index contributed by atoms with van der Waals surface area (Å²) >= 11 is 6.21. The molecular formula is C23H22ClN3O4. The van der Waals surface area contributed by atoms with Crippen LogP contribution < -0.4 is 10.2 Å². The Balaban J connectivity index is 1.51. The molecule has 3 amide bonds. The van der Waals surface area contributed by atoms with E-state index in [0.717, 1.165) is 16.0 Å². The molecule has 2 aliphatic rings. The number of hydrogen-bond acceptors (Lipinski definition) is 5. The lowest BCUT2D eigenvalue weighted by molar-refractivity contribution is -0.120. The quantitative estimate of drug-likeness (QED) is 0.740. The highest BCUT2D eigenvalue weighted by atomic mass is 35.5. The normalized spacial score (nSPS) is 16.9. The summed E-state index contributed by atoms with van der Waals surface area (Å²) in [5.41, 5.74) is 3.46. The second-order valence-corrected chi connectivity index (χ2v) is 7.97. The lowest BCUT2D eigenvalue weighted by atomic mass is 10.1. The van der Waals surface area contributed by atoms with Crippen molar-refractivity contribution in [1.82, 2.24) is 4.90 Å². The van der Waals surface area contributed by atoms with Crippen molar-refractivity contribution in [2.45, 2.75) is 13.8 Å². The first-order chi connectivity index (χ1) is 14.8. The fourth-order valence-corrected chi connectivity index (χ4v) is 3.93. The number of benzene rings is 2. The Bertz CT molecular complexity index is 1070. The minimum Gasteiger partial charge on any atom is -0.378 e. The van der Waals surface area contributed by atoms with Gasteiger partial charge in [0.25, 0.3) is 17.7 Å². The van der Waals surface area contributed by atoms with Crippen LogP contribution in [0.4, 0.5) is 11.4 Å². The number of rotatable bonds is 4. The number of nitrogens with one attached hydrogen (secondary N) is 1. The van der Waals surface area contributed by atoms with Crippen LogP contribution in [0.5, 0.6) is 0 Å². The number of imide groups is 1. The van der Waals surface area contributed by atoms with Crippen molar-refractivity contribution in [2.24, 2.45) is 0 Å². The van der Waals surface area contributed by atoms with E-state index in [0.29, 0.717) is 43.2 Å². The van der Waals surface area contributed by atoms with Crippen molar-refractivity contribution < 1.29 is 19.1 Å². The lowest BCUT2D eigenvalue weighted by Gasteiger charge is -2.26. The van der Waals surface area contributed by atoms with Crippen LogP contribution in [0, 0.1) is 13.8 Å². The van der Waals surface area contributed by atoms with Gasteiger partial charge in [-0.05, 0) is 61.4 Å². The molecule has 2 aliphatic heterocycles. The van der Waals surface area contributed by atoms with Gasteiger partial charge in [-0.25, -0.2) is 4.90 Å². The molecule has 1 saturated heterocycles. The number of carbonyl (C=O) groups is 3. The molecule has 0 spiro atoms. The molecule has 2 heterocycles. The highest BCUT2D eigenvalue weighted by Crippen LogP contribution is 2.31. The van der Waals surface area contributed by atoms with Gasteiger partial charge in [-0.2, -0.15) is 0 Å². The van der Waals surface area contributed by atoms with Crippen molar-refractivity contribution >= 4 is 40.7 Å². The van der Waals surface area contributed by atoms with Crippen LogP contribution in [0.3, 0.4) is 0 Å². The fraction of sp³-hybridized carbons (Fsp3) is 0.261. The summed E-state index contributed by atoms with van der Waals surface area (Å²) in [5.74, 6) is -1.16. The summed E-state index contributed by atoms with van der Waals surface area (Å²) in [6, 6.07) is 12.2. The fourth-order valence-electron chi connectivity index (χ4n) is 3.72. The number of halogens is 1. The van der Waals surface area contributed by atoms with E-state index in [1.54, 1.807) is 41.3 Å². The molecule has 31 heavy (non-hydrogen) atoms. The molecule has 8 heteroatoms. The van der Waals surface area contributed by atoms with Crippen molar-refractivity contribution in [3.63, 3.8) is 0 Å². The number of morpholine rings is 1. The molecule has 160 valence electrons. The molecule has 0 aliphatic carbocycles. The number of hydrogen-bond donors (Lipinski definition) is 1. The van der Waals surface area contributed by atoms with Gasteiger partial charge in [-0.3, -0.25) is 14.4 Å². The third kappa shape index (κ3) is 4.19. The van der Waals surface area contributed by atoms with Gasteiger partial charge in [0.05, 0.1) is 18.9 Å². The third-order valence-electron chi connectivity index (χ3n) is 5.19. The molecule has 0 radical (unpaired) electrons. The first-order valence-electron chi connectivity index (χ1n) is 9.96. The SMILES string of the molecule is Cc1cc(C)cc(N2C(=O)C(Cl)=C(Nc3ccc(C(=O)N4CCOCC4)cc3)C2=O)c1. The molecule has 1 fully saturated rings. The maximum atomic E-state index is 13.0. The van der Waals surface area contributed by atoms with Crippen molar-refractivity contribution in [1.29, 1.82) is 0 Å². The number of anilines is 2. The van der Waals surface area contributed by atoms with Gasteiger partial charge in [0.1, 0.15) is 10.7 Å². The molecule has 7 nitrogen and oxygen atoms in total. The molecule has 0 atom stereocenters. The standard InChI is InChI=1S/C23H22ClN3O4/c1-14-11-15(2)13-18(12-14)27-22(29)19(24)20(23(27)30)25-17-5-3-16(4-6-17)21(28)26-7-9-31-10-8-26/h3-6,11-13,25H,7-10H2,1-2H3. The molecule has 2 aromatic rings. The Morgan fingerprint density at radius 2 is 1.58 bits per heavy atom. The van der Waals surface area contributed by atoms with Crippen LogP contribution in [0.2, 0.25) is 0 Å². The zero-order valence-electron chi connectivity index (χ0n) is 17.3. The molecule has 0 aromatic heterocycles. The van der Waals surface area contributed by atoms with E-state index in [4.69, 9.17) is 16.3 Å². The average molecular weight is 440 g/mol. The summed E-state index contributed by atoms with van der Waals surface area (Å²) < 4.78 is 5.28. The van der Waals surface area contributed by atoms with E-state index < -0.39 is 11.8 Å². The highest BCUT2D eigenvalue weighted by molar-refractivity contribution is 6.53. The average Bonchev–Trinajstić information content (AvgIpc) is 2.97. The summed E-state index contributed by atoms with van der Waals surface area (Å²) in [6.07, 6.45) is 0. The van der Waals surface area contributed by atoms with E-state index in [9.17, 15) is 14.4 Å². The Morgan fingerprint density at radius 1 is 0.968 bits per heavy atom. The van der Waals surface area contributed by atoms with Gasteiger partial charge in [-0.15, -0.1) is 0 Å². The van der Waals surface area contributed by atoms with Gasteiger partial charge in [0.15, 0.2) is 0 Å². The molecule has 0 unspecified atom stereocenters. The zero-order valence-corrected chi connectivity index (χ0v) is 18.0. The maximum absolute atomic E-state index is 13.0. The van der Waals surface area contributed by atoms with E-state index in [2.05, 4.69) is 5.32 Å². The third-order valence-corrected chi connectivity index (χ3v) is 5.54. The van der Waals surface area contributed by atoms with Crippen LogP contribution in [0.1, 0.15) is 21.5 Å². The molecule has 0 bridgehead atoms. The van der Waals surface area contributed by atoms with Crippen LogP contribution >= 0.6 is 11.6 Å². The largest absolute Gasteiger partial charge is 0.378 e. The first-order valence-corrected chi connectivity index (χ1v) is 10.3. The maximum Gasteiger partial charge on any atom is 0.283 e. The molecule has 2 aromatic carbocycles. The van der Waals surface area contributed by atoms with Crippen LogP contribution in [0.25, 0.3) is 0 Å². The molecular weight excluding hydrogens is 418 g/mol. The Morgan fingerprint density at radius 3 is 2.19 bits per heavy atom. The topological polar surface area (TPSA) is 79.0 Å². The van der Waals surface area contributed by atoms with Gasteiger partial charge in [-0.1, -0.05) is 17.7 Å². The van der Waals surface area contributed by atoms with Gasteiger partial charge >= 0.3 is 0 Å². The predicted molar refractivity (Wildman–Crippen MR) is 118 cm³/mol. The minimum atomic E-state index is -0.571. The van der Waals surface area contributed by atoms with E-state index >= 15 is 0 Å². The van der Waals surface area contributed by atoms with Crippen molar-refractivity contribution in [2.75, 3.05) is 36.5 Å². The number of ether oxygens (including phenoxy) is 1. The molecule has 0 saturated carbocycles. The zero-order chi connectivity index (χ0) is 22.1. The van der Waals surface area contributed by atoms with Crippen molar-refractivity contribution in [3.05, 3.63) is 69.9 Å². The second kappa shape index (κ2) is 8.53. The van der Waals surface area contributed by atoms with Crippen LogP contribution in [0.15, 0.2) is 53.2 Å². The van der Waals surface area contributed by atoms with Crippen LogP contribution in [-0.2, 0) is 14.3 Å². The van der Waals surface area contributed by atoms with Crippen molar-refractivity contribution in [3.8, 4) is 0 Å². The highest BCUT2D eigenvalue weighted by Gasteiger charge is 2.39. The number of aryl methyl sites for hydroxylation is 2. The van der Waals surface area contributed by atoms with E-state index in [-0.39, 0.29) is 16.6 Å².